The van der Waals surface area contributed by atoms with Crippen molar-refractivity contribution in [1.82, 2.24) is 5.32 Å². The van der Waals surface area contributed by atoms with E-state index in [1.54, 1.807) is 0 Å². The number of hydrogen-bond acceptors (Lipinski definition) is 1. The zero-order valence-electron chi connectivity index (χ0n) is 14.8. The fraction of sp³-hybridized carbons (Fsp3) is 1.00. The second kappa shape index (κ2) is 15.4. The highest BCUT2D eigenvalue weighted by Crippen LogP contribution is 2.24. The summed E-state index contributed by atoms with van der Waals surface area (Å²) in [5.41, 5.74) is 0. The highest BCUT2D eigenvalue weighted by atomic mass is 14.9. The van der Waals surface area contributed by atoms with E-state index in [4.69, 9.17) is 0 Å². The minimum Gasteiger partial charge on any atom is -0.314 e. The van der Waals surface area contributed by atoms with Gasteiger partial charge in [-0.3, -0.25) is 0 Å². The van der Waals surface area contributed by atoms with Gasteiger partial charge in [0.05, 0.1) is 0 Å². The molecular formula is C19H41N. The summed E-state index contributed by atoms with van der Waals surface area (Å²) >= 11 is 0. The quantitative estimate of drug-likeness (QED) is 0.347. The first-order chi connectivity index (χ1) is 9.79. The van der Waals surface area contributed by atoms with Crippen molar-refractivity contribution in [2.24, 2.45) is 5.92 Å². The molecule has 2 unspecified atom stereocenters. The van der Waals surface area contributed by atoms with Gasteiger partial charge in [-0.05, 0) is 38.1 Å². The monoisotopic (exact) mass is 283 g/mol. The Balaban J connectivity index is 4.32. The van der Waals surface area contributed by atoms with Crippen LogP contribution in [0.25, 0.3) is 0 Å². The van der Waals surface area contributed by atoms with E-state index in [-0.39, 0.29) is 0 Å². The number of hydrogen-bond donors (Lipinski definition) is 1. The number of nitrogens with one attached hydrogen (secondary N) is 1. The van der Waals surface area contributed by atoms with Gasteiger partial charge in [0.2, 0.25) is 0 Å². The van der Waals surface area contributed by atoms with Gasteiger partial charge < -0.3 is 5.32 Å². The van der Waals surface area contributed by atoms with Crippen molar-refractivity contribution in [2.75, 3.05) is 6.54 Å². The Hall–Kier alpha value is -0.0400. The maximum atomic E-state index is 3.89. The zero-order chi connectivity index (χ0) is 15.1. The molecule has 0 bridgehead atoms. The van der Waals surface area contributed by atoms with Crippen LogP contribution in [0.3, 0.4) is 0 Å². The predicted octanol–water partition coefficient (Wildman–Crippen LogP) is 6.32. The van der Waals surface area contributed by atoms with Gasteiger partial charge in [0.1, 0.15) is 0 Å². The van der Waals surface area contributed by atoms with Crippen LogP contribution in [0.2, 0.25) is 0 Å². The van der Waals surface area contributed by atoms with Gasteiger partial charge in [-0.15, -0.1) is 0 Å². The molecule has 20 heavy (non-hydrogen) atoms. The summed E-state index contributed by atoms with van der Waals surface area (Å²) in [5, 5.41) is 3.89. The molecule has 0 spiro atoms. The summed E-state index contributed by atoms with van der Waals surface area (Å²) in [5.74, 6) is 0.921. The standard InChI is InChI=1S/C19H41N/c1-5-9-13-15-18(14-10-6-2)19(16-11-7-3)20-17-12-8-4/h18-20H,5-17H2,1-4H3. The first kappa shape index (κ1) is 20.0. The maximum absolute atomic E-state index is 3.89. The molecule has 1 heteroatoms. The lowest BCUT2D eigenvalue weighted by atomic mass is 9.86. The number of unbranched alkanes of at least 4 members (excludes halogenated alkanes) is 5. The van der Waals surface area contributed by atoms with Gasteiger partial charge in [0.25, 0.3) is 0 Å². The van der Waals surface area contributed by atoms with Crippen molar-refractivity contribution in [3.63, 3.8) is 0 Å². The molecule has 0 saturated heterocycles. The van der Waals surface area contributed by atoms with Gasteiger partial charge in [-0.25, -0.2) is 0 Å². The highest BCUT2D eigenvalue weighted by Gasteiger charge is 2.19. The average Bonchev–Trinajstić information content (AvgIpc) is 2.47. The van der Waals surface area contributed by atoms with Crippen molar-refractivity contribution in [2.45, 2.75) is 111 Å². The summed E-state index contributed by atoms with van der Waals surface area (Å²) in [7, 11) is 0. The largest absolute Gasteiger partial charge is 0.314 e. The van der Waals surface area contributed by atoms with E-state index >= 15 is 0 Å². The molecule has 0 aromatic heterocycles. The third kappa shape index (κ3) is 10.7. The molecule has 0 aromatic carbocycles. The lowest BCUT2D eigenvalue weighted by molar-refractivity contribution is 0.282. The topological polar surface area (TPSA) is 12.0 Å². The van der Waals surface area contributed by atoms with Gasteiger partial charge in [0, 0.05) is 6.04 Å². The van der Waals surface area contributed by atoms with Crippen LogP contribution in [0, 0.1) is 5.92 Å². The SMILES string of the molecule is CCCCCC(CCCC)C(CCCC)NCCCC. The van der Waals surface area contributed by atoms with Gasteiger partial charge in [-0.1, -0.05) is 79.1 Å². The lowest BCUT2D eigenvalue weighted by Crippen LogP contribution is -2.37. The van der Waals surface area contributed by atoms with E-state index in [0.717, 1.165) is 12.0 Å². The Morgan fingerprint density at radius 1 is 0.600 bits per heavy atom. The van der Waals surface area contributed by atoms with E-state index in [0.29, 0.717) is 0 Å². The molecule has 1 nitrogen and oxygen atoms in total. The Morgan fingerprint density at radius 3 is 1.75 bits per heavy atom. The van der Waals surface area contributed by atoms with Crippen LogP contribution >= 0.6 is 0 Å². The van der Waals surface area contributed by atoms with E-state index in [9.17, 15) is 0 Å². The third-order valence-electron chi connectivity index (χ3n) is 4.48. The lowest BCUT2D eigenvalue weighted by Gasteiger charge is -2.29. The van der Waals surface area contributed by atoms with E-state index in [1.165, 1.54) is 83.6 Å². The fourth-order valence-electron chi connectivity index (χ4n) is 3.06. The molecule has 0 amide bonds. The molecule has 0 aromatic rings. The summed E-state index contributed by atoms with van der Waals surface area (Å²) in [4.78, 5) is 0. The molecule has 0 saturated carbocycles. The first-order valence-corrected chi connectivity index (χ1v) is 9.53. The summed E-state index contributed by atoms with van der Waals surface area (Å²) in [6.07, 6.45) is 16.6. The van der Waals surface area contributed by atoms with Crippen LogP contribution < -0.4 is 5.32 Å². The second-order valence-corrected chi connectivity index (χ2v) is 6.45. The van der Waals surface area contributed by atoms with Gasteiger partial charge in [0.15, 0.2) is 0 Å². The molecule has 0 aliphatic rings. The minimum atomic E-state index is 0.782. The fourth-order valence-corrected chi connectivity index (χ4v) is 3.06. The molecule has 0 rings (SSSR count). The highest BCUT2D eigenvalue weighted by molar-refractivity contribution is 4.77. The molecular weight excluding hydrogens is 242 g/mol. The van der Waals surface area contributed by atoms with E-state index in [2.05, 4.69) is 33.0 Å². The van der Waals surface area contributed by atoms with Crippen LogP contribution in [-0.2, 0) is 0 Å². The zero-order valence-corrected chi connectivity index (χ0v) is 14.8. The molecule has 0 aliphatic heterocycles. The van der Waals surface area contributed by atoms with Crippen LogP contribution in [-0.4, -0.2) is 12.6 Å². The smallest absolute Gasteiger partial charge is 0.00953 e. The molecule has 0 aliphatic carbocycles. The third-order valence-corrected chi connectivity index (χ3v) is 4.48. The molecule has 1 N–H and O–H groups in total. The first-order valence-electron chi connectivity index (χ1n) is 9.53. The molecule has 0 heterocycles. The Bertz CT molecular complexity index is 159. The molecule has 2 atom stereocenters. The maximum Gasteiger partial charge on any atom is 0.00953 e. The van der Waals surface area contributed by atoms with Crippen molar-refractivity contribution < 1.29 is 0 Å². The normalized spacial score (nSPS) is 14.4. The second-order valence-electron chi connectivity index (χ2n) is 6.45. The van der Waals surface area contributed by atoms with Crippen LogP contribution in [0.4, 0.5) is 0 Å². The van der Waals surface area contributed by atoms with Crippen LogP contribution in [0.1, 0.15) is 105 Å². The summed E-state index contributed by atoms with van der Waals surface area (Å²) in [6.45, 7) is 10.5. The van der Waals surface area contributed by atoms with Crippen molar-refractivity contribution in [1.29, 1.82) is 0 Å². The van der Waals surface area contributed by atoms with Gasteiger partial charge >= 0.3 is 0 Å². The minimum absolute atomic E-state index is 0.782. The summed E-state index contributed by atoms with van der Waals surface area (Å²) < 4.78 is 0. The Labute approximate surface area is 129 Å². The average molecular weight is 284 g/mol. The van der Waals surface area contributed by atoms with Gasteiger partial charge in [-0.2, -0.15) is 0 Å². The molecule has 0 fully saturated rings. The van der Waals surface area contributed by atoms with Crippen molar-refractivity contribution >= 4 is 0 Å². The van der Waals surface area contributed by atoms with E-state index in [1.807, 2.05) is 0 Å². The van der Waals surface area contributed by atoms with Crippen LogP contribution in [0.15, 0.2) is 0 Å². The number of rotatable bonds is 15. The molecule has 0 radical (unpaired) electrons. The Kier molecular flexibility index (Phi) is 15.3. The Morgan fingerprint density at radius 2 is 1.15 bits per heavy atom. The van der Waals surface area contributed by atoms with Crippen molar-refractivity contribution in [3.05, 3.63) is 0 Å². The van der Waals surface area contributed by atoms with E-state index < -0.39 is 0 Å². The predicted molar refractivity (Wildman–Crippen MR) is 93.4 cm³/mol. The van der Waals surface area contributed by atoms with Crippen molar-refractivity contribution in [3.8, 4) is 0 Å². The summed E-state index contributed by atoms with van der Waals surface area (Å²) in [6, 6.07) is 0.782. The van der Waals surface area contributed by atoms with Crippen LogP contribution in [0.5, 0.6) is 0 Å². The molecule has 122 valence electrons.